The van der Waals surface area contributed by atoms with Crippen LogP contribution in [0.4, 0.5) is 0 Å². The molecule has 0 bridgehead atoms. The van der Waals surface area contributed by atoms with Crippen LogP contribution in [0.15, 0.2) is 37.0 Å². The molecule has 0 saturated carbocycles. The van der Waals surface area contributed by atoms with Crippen LogP contribution in [-0.2, 0) is 14.4 Å². The molecule has 1 atom stereocenters. The number of carbonyl (C=O) groups excluding carboxylic acids is 3. The van der Waals surface area contributed by atoms with Crippen LogP contribution in [0.5, 0.6) is 0 Å². The van der Waals surface area contributed by atoms with Crippen LogP contribution in [-0.4, -0.2) is 23.8 Å². The lowest BCUT2D eigenvalue weighted by Crippen LogP contribution is -2.52. The number of carbonyl (C=O) groups is 3. The summed E-state index contributed by atoms with van der Waals surface area (Å²) in [6.07, 6.45) is 5.13. The van der Waals surface area contributed by atoms with E-state index in [-0.39, 0.29) is 17.9 Å². The molecule has 1 fully saturated rings. The highest BCUT2D eigenvalue weighted by atomic mass is 16.2. The first-order valence-corrected chi connectivity index (χ1v) is 5.17. The van der Waals surface area contributed by atoms with Crippen molar-refractivity contribution in [2.45, 2.75) is 18.9 Å². The summed E-state index contributed by atoms with van der Waals surface area (Å²) in [5.41, 5.74) is 0.231. The molecule has 1 aliphatic heterocycles. The van der Waals surface area contributed by atoms with Gasteiger partial charge in [-0.05, 0) is 6.42 Å². The first kappa shape index (κ1) is 12.9. The molecule has 0 spiro atoms. The molecule has 1 saturated heterocycles. The number of nitrogens with one attached hydrogen (secondary N) is 2. The van der Waals surface area contributed by atoms with Crippen LogP contribution in [0.1, 0.15) is 12.8 Å². The molecule has 1 aliphatic rings. The highest BCUT2D eigenvalue weighted by molar-refractivity contribution is 6.04. The van der Waals surface area contributed by atoms with E-state index in [0.29, 0.717) is 6.42 Å². The summed E-state index contributed by atoms with van der Waals surface area (Å²) < 4.78 is 0. The summed E-state index contributed by atoms with van der Waals surface area (Å²) in [5.74, 6) is -1.22. The van der Waals surface area contributed by atoms with Gasteiger partial charge in [0, 0.05) is 12.0 Å². The molecule has 0 aromatic carbocycles. The molecule has 17 heavy (non-hydrogen) atoms. The summed E-state index contributed by atoms with van der Waals surface area (Å²) in [5, 5.41) is 4.67. The third kappa shape index (κ3) is 3.71. The van der Waals surface area contributed by atoms with Crippen molar-refractivity contribution < 1.29 is 14.4 Å². The van der Waals surface area contributed by atoms with Crippen molar-refractivity contribution in [2.24, 2.45) is 0 Å². The van der Waals surface area contributed by atoms with Crippen LogP contribution in [0.25, 0.3) is 0 Å². The maximum absolute atomic E-state index is 11.6. The minimum absolute atomic E-state index is 0.228. The van der Waals surface area contributed by atoms with Gasteiger partial charge in [-0.3, -0.25) is 19.7 Å². The van der Waals surface area contributed by atoms with Crippen LogP contribution in [0, 0.1) is 0 Å². The minimum Gasteiger partial charge on any atom is -0.340 e. The van der Waals surface area contributed by atoms with Gasteiger partial charge in [-0.2, -0.15) is 0 Å². The van der Waals surface area contributed by atoms with Gasteiger partial charge in [-0.25, -0.2) is 0 Å². The number of hydrogen-bond donors (Lipinski definition) is 2. The van der Waals surface area contributed by atoms with Gasteiger partial charge in [-0.15, -0.1) is 0 Å². The molecular weight excluding hydrogens is 220 g/mol. The number of hydrogen-bond acceptors (Lipinski definition) is 3. The summed E-state index contributed by atoms with van der Waals surface area (Å²) in [6, 6.07) is -0.672. The first-order valence-electron chi connectivity index (χ1n) is 5.17. The lowest BCUT2D eigenvalue weighted by Gasteiger charge is -2.21. The van der Waals surface area contributed by atoms with E-state index >= 15 is 0 Å². The van der Waals surface area contributed by atoms with Gasteiger partial charge in [0.05, 0.1) is 0 Å². The van der Waals surface area contributed by atoms with E-state index in [4.69, 9.17) is 0 Å². The lowest BCUT2D eigenvalue weighted by atomic mass is 10.1. The van der Waals surface area contributed by atoms with Crippen molar-refractivity contribution in [3.63, 3.8) is 0 Å². The van der Waals surface area contributed by atoms with Crippen molar-refractivity contribution >= 4 is 17.7 Å². The van der Waals surface area contributed by atoms with E-state index in [0.717, 1.165) is 0 Å². The predicted molar refractivity (Wildman–Crippen MR) is 62.8 cm³/mol. The largest absolute Gasteiger partial charge is 0.340 e. The molecule has 2 N–H and O–H groups in total. The third-order valence-electron chi connectivity index (χ3n) is 2.27. The van der Waals surface area contributed by atoms with E-state index < -0.39 is 17.9 Å². The molecule has 5 heteroatoms. The maximum atomic E-state index is 11.6. The van der Waals surface area contributed by atoms with E-state index in [1.807, 2.05) is 0 Å². The Bertz CT molecular complexity index is 410. The van der Waals surface area contributed by atoms with E-state index in [9.17, 15) is 14.4 Å². The summed E-state index contributed by atoms with van der Waals surface area (Å²) >= 11 is 0. The molecule has 1 rings (SSSR count). The fraction of sp³-hybridized carbons (Fsp3) is 0.250. The van der Waals surface area contributed by atoms with Gasteiger partial charge in [0.15, 0.2) is 0 Å². The second kappa shape index (κ2) is 5.79. The van der Waals surface area contributed by atoms with Crippen molar-refractivity contribution in [2.75, 3.05) is 0 Å². The van der Waals surface area contributed by atoms with Gasteiger partial charge < -0.3 is 5.32 Å². The molecule has 0 radical (unpaired) electrons. The second-order valence-corrected chi connectivity index (χ2v) is 3.60. The van der Waals surface area contributed by atoms with Crippen molar-refractivity contribution in [3.8, 4) is 0 Å². The average molecular weight is 234 g/mol. The summed E-state index contributed by atoms with van der Waals surface area (Å²) in [4.78, 5) is 33.8. The van der Waals surface area contributed by atoms with Gasteiger partial charge in [0.25, 0.3) is 5.91 Å². The van der Waals surface area contributed by atoms with Crippen molar-refractivity contribution in [3.05, 3.63) is 37.0 Å². The van der Waals surface area contributed by atoms with Gasteiger partial charge in [0.2, 0.25) is 11.8 Å². The highest BCUT2D eigenvalue weighted by Crippen LogP contribution is 2.05. The predicted octanol–water partition coefficient (Wildman–Crippen LogP) is 0.206. The summed E-state index contributed by atoms with van der Waals surface area (Å²) in [7, 11) is 0. The Morgan fingerprint density at radius 2 is 2.18 bits per heavy atom. The zero-order chi connectivity index (χ0) is 12.8. The van der Waals surface area contributed by atoms with Crippen LogP contribution in [0.3, 0.4) is 0 Å². The number of piperidine rings is 1. The van der Waals surface area contributed by atoms with Gasteiger partial charge in [0.1, 0.15) is 6.04 Å². The Labute approximate surface area is 99.3 Å². The van der Waals surface area contributed by atoms with Crippen LogP contribution >= 0.6 is 0 Å². The first-order chi connectivity index (χ1) is 8.04. The van der Waals surface area contributed by atoms with E-state index in [1.165, 1.54) is 12.2 Å². The molecule has 1 unspecified atom stereocenters. The fourth-order valence-corrected chi connectivity index (χ4v) is 1.34. The Morgan fingerprint density at radius 3 is 2.76 bits per heavy atom. The average Bonchev–Trinajstić information content (AvgIpc) is 2.29. The van der Waals surface area contributed by atoms with E-state index in [1.54, 1.807) is 6.08 Å². The molecule has 0 aliphatic carbocycles. The summed E-state index contributed by atoms with van der Waals surface area (Å²) in [6.45, 7) is 7.02. The van der Waals surface area contributed by atoms with Gasteiger partial charge >= 0.3 is 0 Å². The molecule has 3 amide bonds. The number of imide groups is 1. The Hall–Kier alpha value is -2.17. The lowest BCUT2D eigenvalue weighted by molar-refractivity contribution is -0.136. The van der Waals surface area contributed by atoms with Gasteiger partial charge in [-0.1, -0.05) is 31.4 Å². The van der Waals surface area contributed by atoms with Crippen LogP contribution in [0.2, 0.25) is 0 Å². The zero-order valence-corrected chi connectivity index (χ0v) is 9.36. The SMILES string of the molecule is C=C/C=C\C(=C)C(=O)NC1CCC(=O)NC1=O. The second-order valence-electron chi connectivity index (χ2n) is 3.60. The monoisotopic (exact) mass is 234 g/mol. The number of allylic oxidation sites excluding steroid dienone is 2. The highest BCUT2D eigenvalue weighted by Gasteiger charge is 2.27. The zero-order valence-electron chi connectivity index (χ0n) is 9.36. The minimum atomic E-state index is -0.672. The Balaban J connectivity index is 2.54. The van der Waals surface area contributed by atoms with Crippen molar-refractivity contribution in [1.29, 1.82) is 0 Å². The Kier molecular flexibility index (Phi) is 4.39. The molecule has 0 aromatic rings. The Morgan fingerprint density at radius 1 is 1.47 bits per heavy atom. The van der Waals surface area contributed by atoms with Crippen molar-refractivity contribution in [1.82, 2.24) is 10.6 Å². The molecule has 1 heterocycles. The smallest absolute Gasteiger partial charge is 0.251 e. The topological polar surface area (TPSA) is 75.3 Å². The maximum Gasteiger partial charge on any atom is 0.251 e. The number of rotatable bonds is 4. The quantitative estimate of drug-likeness (QED) is 0.414. The number of amides is 3. The molecule has 90 valence electrons. The molecular formula is C12H14N2O3. The van der Waals surface area contributed by atoms with E-state index in [2.05, 4.69) is 23.8 Å². The standard InChI is InChI=1S/C12H14N2O3/c1-3-4-5-8(2)11(16)13-9-6-7-10(15)14-12(9)17/h3-5,9H,1-2,6-7H2,(H,13,16)(H,14,15,17)/b5-4-. The van der Waals surface area contributed by atoms with Crippen LogP contribution < -0.4 is 10.6 Å². The normalized spacial score (nSPS) is 19.9. The molecule has 0 aromatic heterocycles. The molecule has 5 nitrogen and oxygen atoms in total. The third-order valence-corrected chi connectivity index (χ3v) is 2.27. The fourth-order valence-electron chi connectivity index (χ4n) is 1.34.